The van der Waals surface area contributed by atoms with Gasteiger partial charge in [-0.1, -0.05) is 74.5 Å². The molecule has 0 aliphatic carbocycles. The maximum absolute atomic E-state index is 2.32. The van der Waals surface area contributed by atoms with Gasteiger partial charge in [-0.2, -0.15) is 0 Å². The standard InChI is InChI=1S/C20H20/c1-15(2)12-16-8-9-20-14-19(11-10-18(20)13-16)17-6-4-3-5-7-17/h3-11,13-15H,12H2,1-2H3. The van der Waals surface area contributed by atoms with Crippen molar-refractivity contribution in [1.29, 1.82) is 0 Å². The fourth-order valence-corrected chi connectivity index (χ4v) is 2.70. The SMILES string of the molecule is CC(C)Cc1ccc2cc(-c3ccccc3)ccc2c1. The molecule has 0 fully saturated rings. The van der Waals surface area contributed by atoms with Gasteiger partial charge in [-0.15, -0.1) is 0 Å². The molecule has 0 saturated carbocycles. The summed E-state index contributed by atoms with van der Waals surface area (Å²) in [5, 5.41) is 2.65. The Morgan fingerprint density at radius 1 is 0.700 bits per heavy atom. The molecule has 0 saturated heterocycles. The minimum atomic E-state index is 0.705. The van der Waals surface area contributed by atoms with E-state index in [1.54, 1.807) is 0 Å². The van der Waals surface area contributed by atoms with Crippen LogP contribution in [0.15, 0.2) is 66.7 Å². The predicted octanol–water partition coefficient (Wildman–Crippen LogP) is 5.71. The van der Waals surface area contributed by atoms with Crippen molar-refractivity contribution in [3.63, 3.8) is 0 Å². The van der Waals surface area contributed by atoms with Gasteiger partial charge in [-0.05, 0) is 45.9 Å². The van der Waals surface area contributed by atoms with Gasteiger partial charge in [-0.3, -0.25) is 0 Å². The zero-order valence-electron chi connectivity index (χ0n) is 12.1. The quantitative estimate of drug-likeness (QED) is 0.566. The topological polar surface area (TPSA) is 0 Å². The van der Waals surface area contributed by atoms with E-state index in [2.05, 4.69) is 80.6 Å². The number of rotatable bonds is 3. The Morgan fingerprint density at radius 3 is 2.15 bits per heavy atom. The molecule has 0 bridgehead atoms. The van der Waals surface area contributed by atoms with Gasteiger partial charge in [0.1, 0.15) is 0 Å². The van der Waals surface area contributed by atoms with Crippen molar-refractivity contribution in [2.45, 2.75) is 20.3 Å². The molecule has 0 radical (unpaired) electrons. The van der Waals surface area contributed by atoms with Crippen molar-refractivity contribution in [3.8, 4) is 11.1 Å². The Labute approximate surface area is 121 Å². The van der Waals surface area contributed by atoms with Crippen LogP contribution in [-0.4, -0.2) is 0 Å². The highest BCUT2D eigenvalue weighted by molar-refractivity contribution is 5.87. The molecule has 100 valence electrons. The van der Waals surface area contributed by atoms with Gasteiger partial charge in [-0.25, -0.2) is 0 Å². The van der Waals surface area contributed by atoms with E-state index in [4.69, 9.17) is 0 Å². The van der Waals surface area contributed by atoms with Crippen LogP contribution in [-0.2, 0) is 6.42 Å². The van der Waals surface area contributed by atoms with Gasteiger partial charge in [0.05, 0.1) is 0 Å². The number of hydrogen-bond donors (Lipinski definition) is 0. The monoisotopic (exact) mass is 260 g/mol. The van der Waals surface area contributed by atoms with E-state index in [9.17, 15) is 0 Å². The minimum Gasteiger partial charge on any atom is -0.0625 e. The van der Waals surface area contributed by atoms with Crippen molar-refractivity contribution in [3.05, 3.63) is 72.3 Å². The molecule has 0 unspecified atom stereocenters. The van der Waals surface area contributed by atoms with Crippen LogP contribution in [0.3, 0.4) is 0 Å². The molecule has 0 aromatic heterocycles. The normalized spacial score (nSPS) is 11.2. The fraction of sp³-hybridized carbons (Fsp3) is 0.200. The summed E-state index contributed by atoms with van der Waals surface area (Å²) >= 11 is 0. The Kier molecular flexibility index (Phi) is 3.56. The molecule has 0 spiro atoms. The first kappa shape index (κ1) is 12.9. The van der Waals surface area contributed by atoms with E-state index < -0.39 is 0 Å². The molecule has 0 aliphatic rings. The number of benzene rings is 3. The first-order valence-electron chi connectivity index (χ1n) is 7.30. The van der Waals surface area contributed by atoms with Crippen LogP contribution >= 0.6 is 0 Å². The second-order valence-electron chi connectivity index (χ2n) is 5.86. The maximum Gasteiger partial charge on any atom is -0.0178 e. The van der Waals surface area contributed by atoms with Gasteiger partial charge in [0.15, 0.2) is 0 Å². The smallest absolute Gasteiger partial charge is 0.0178 e. The van der Waals surface area contributed by atoms with Gasteiger partial charge in [0, 0.05) is 0 Å². The van der Waals surface area contributed by atoms with Crippen molar-refractivity contribution in [2.75, 3.05) is 0 Å². The summed E-state index contributed by atoms with van der Waals surface area (Å²) in [6.07, 6.45) is 1.15. The molecular formula is C20H20. The lowest BCUT2D eigenvalue weighted by molar-refractivity contribution is 0.648. The molecule has 3 rings (SSSR count). The van der Waals surface area contributed by atoms with E-state index >= 15 is 0 Å². The number of fused-ring (bicyclic) bond motifs is 1. The van der Waals surface area contributed by atoms with E-state index in [0.717, 1.165) is 6.42 Å². The largest absolute Gasteiger partial charge is 0.0625 e. The van der Waals surface area contributed by atoms with Crippen LogP contribution in [0.4, 0.5) is 0 Å². The molecule has 3 aromatic rings. The molecule has 0 heteroatoms. The Hall–Kier alpha value is -2.08. The third kappa shape index (κ3) is 2.75. The Morgan fingerprint density at radius 2 is 1.40 bits per heavy atom. The van der Waals surface area contributed by atoms with Crippen molar-refractivity contribution >= 4 is 10.8 Å². The zero-order chi connectivity index (χ0) is 13.9. The summed E-state index contributed by atoms with van der Waals surface area (Å²) in [5.74, 6) is 0.705. The van der Waals surface area contributed by atoms with E-state index in [1.165, 1.54) is 27.5 Å². The second kappa shape index (κ2) is 5.50. The molecule has 0 aliphatic heterocycles. The third-order valence-electron chi connectivity index (χ3n) is 3.66. The highest BCUT2D eigenvalue weighted by Gasteiger charge is 2.02. The Bertz CT molecular complexity index is 708. The van der Waals surface area contributed by atoms with Crippen molar-refractivity contribution < 1.29 is 0 Å². The van der Waals surface area contributed by atoms with Crippen molar-refractivity contribution in [1.82, 2.24) is 0 Å². The lowest BCUT2D eigenvalue weighted by Gasteiger charge is -2.08. The van der Waals surface area contributed by atoms with E-state index in [1.807, 2.05) is 0 Å². The lowest BCUT2D eigenvalue weighted by Crippen LogP contribution is -1.93. The van der Waals surface area contributed by atoms with Gasteiger partial charge >= 0.3 is 0 Å². The Balaban J connectivity index is 2.00. The van der Waals surface area contributed by atoms with Crippen LogP contribution in [0.1, 0.15) is 19.4 Å². The van der Waals surface area contributed by atoms with Crippen LogP contribution in [0.25, 0.3) is 21.9 Å². The second-order valence-corrected chi connectivity index (χ2v) is 5.86. The minimum absolute atomic E-state index is 0.705. The molecule has 0 heterocycles. The predicted molar refractivity (Wildman–Crippen MR) is 87.9 cm³/mol. The van der Waals surface area contributed by atoms with Gasteiger partial charge < -0.3 is 0 Å². The molecular weight excluding hydrogens is 240 g/mol. The summed E-state index contributed by atoms with van der Waals surface area (Å²) in [6, 6.07) is 24.1. The average molecular weight is 260 g/mol. The van der Waals surface area contributed by atoms with Crippen LogP contribution in [0.2, 0.25) is 0 Å². The summed E-state index contributed by atoms with van der Waals surface area (Å²) < 4.78 is 0. The molecule has 0 N–H and O–H groups in total. The molecule has 0 atom stereocenters. The van der Waals surface area contributed by atoms with Crippen LogP contribution < -0.4 is 0 Å². The summed E-state index contributed by atoms with van der Waals surface area (Å²) in [5.41, 5.74) is 4.00. The first-order valence-corrected chi connectivity index (χ1v) is 7.30. The van der Waals surface area contributed by atoms with Crippen LogP contribution in [0.5, 0.6) is 0 Å². The average Bonchev–Trinajstić information content (AvgIpc) is 2.47. The molecule has 0 amide bonds. The highest BCUT2D eigenvalue weighted by atomic mass is 14.1. The molecule has 3 aromatic carbocycles. The number of hydrogen-bond acceptors (Lipinski definition) is 0. The summed E-state index contributed by atoms with van der Waals surface area (Å²) in [7, 11) is 0. The lowest BCUT2D eigenvalue weighted by atomic mass is 9.97. The molecule has 0 nitrogen and oxygen atoms in total. The zero-order valence-corrected chi connectivity index (χ0v) is 12.1. The van der Waals surface area contributed by atoms with E-state index in [-0.39, 0.29) is 0 Å². The van der Waals surface area contributed by atoms with E-state index in [0.29, 0.717) is 5.92 Å². The summed E-state index contributed by atoms with van der Waals surface area (Å²) in [6.45, 7) is 4.53. The first-order chi connectivity index (χ1) is 9.72. The van der Waals surface area contributed by atoms with Gasteiger partial charge in [0.25, 0.3) is 0 Å². The molecule has 20 heavy (non-hydrogen) atoms. The van der Waals surface area contributed by atoms with Crippen molar-refractivity contribution in [2.24, 2.45) is 5.92 Å². The van der Waals surface area contributed by atoms with Crippen LogP contribution in [0, 0.1) is 5.92 Å². The summed E-state index contributed by atoms with van der Waals surface area (Å²) in [4.78, 5) is 0. The third-order valence-corrected chi connectivity index (χ3v) is 3.66. The maximum atomic E-state index is 2.32. The van der Waals surface area contributed by atoms with Gasteiger partial charge in [0.2, 0.25) is 0 Å². The fourth-order valence-electron chi connectivity index (χ4n) is 2.70. The highest BCUT2D eigenvalue weighted by Crippen LogP contribution is 2.25.